The Morgan fingerprint density at radius 2 is 1.03 bits per heavy atom. The van der Waals surface area contributed by atoms with E-state index in [0.717, 1.165) is 19.3 Å². The topological polar surface area (TPSA) is 26.0 Å². The molecule has 0 bridgehead atoms. The lowest BCUT2D eigenvalue weighted by Crippen LogP contribution is -2.37. The van der Waals surface area contributed by atoms with Gasteiger partial charge in [0.05, 0.1) is 0 Å². The summed E-state index contributed by atoms with van der Waals surface area (Å²) in [7, 11) is 0. The first-order chi connectivity index (χ1) is 14.7. The minimum atomic E-state index is -0.136. The van der Waals surface area contributed by atoms with E-state index in [1.165, 1.54) is 114 Å². The average Bonchev–Trinajstić information content (AvgIpc) is 2.78. The van der Waals surface area contributed by atoms with Crippen LogP contribution in [0.1, 0.15) is 147 Å². The van der Waals surface area contributed by atoms with Gasteiger partial charge in [0, 0.05) is 5.54 Å². The van der Waals surface area contributed by atoms with Crippen molar-refractivity contribution >= 4 is 12.4 Å². The van der Waals surface area contributed by atoms with Gasteiger partial charge in [0.25, 0.3) is 0 Å². The Bertz CT molecular complexity index is 515. The van der Waals surface area contributed by atoms with Gasteiger partial charge >= 0.3 is 0 Å². The summed E-state index contributed by atoms with van der Waals surface area (Å²) in [5.41, 5.74) is 9.53. The van der Waals surface area contributed by atoms with Crippen LogP contribution in [0.25, 0.3) is 0 Å². The van der Waals surface area contributed by atoms with E-state index in [2.05, 4.69) is 45.0 Å². The van der Waals surface area contributed by atoms with Crippen molar-refractivity contribution in [3.8, 4) is 0 Å². The quantitative estimate of drug-likeness (QED) is 0.196. The van der Waals surface area contributed by atoms with Gasteiger partial charge < -0.3 is 5.73 Å². The summed E-state index contributed by atoms with van der Waals surface area (Å²) in [5, 5.41) is 0. The minimum absolute atomic E-state index is 0. The third-order valence-corrected chi connectivity index (χ3v) is 7.04. The standard InChI is InChI=1S/C29H53N.ClH/c1-4-7-8-9-10-11-12-13-14-15-16-17-18-19-20-23-26-29(30,6-3)28-25-22-21-24-27(28)5-2;/h21-22,24-25H,4-20,23,26,30H2,1-3H3;1H. The van der Waals surface area contributed by atoms with Crippen molar-refractivity contribution in [2.75, 3.05) is 0 Å². The fourth-order valence-electron chi connectivity index (χ4n) is 4.80. The number of hydrogen-bond acceptors (Lipinski definition) is 1. The molecule has 1 nitrogen and oxygen atoms in total. The Morgan fingerprint density at radius 1 is 0.613 bits per heavy atom. The number of rotatable bonds is 20. The molecule has 0 saturated heterocycles. The summed E-state index contributed by atoms with van der Waals surface area (Å²) in [5.74, 6) is 0. The van der Waals surface area contributed by atoms with Crippen LogP contribution in [0.3, 0.4) is 0 Å². The fourth-order valence-corrected chi connectivity index (χ4v) is 4.80. The molecule has 0 heterocycles. The van der Waals surface area contributed by atoms with E-state index >= 15 is 0 Å². The molecule has 0 fully saturated rings. The Hall–Kier alpha value is -0.530. The highest BCUT2D eigenvalue weighted by atomic mass is 35.5. The zero-order chi connectivity index (χ0) is 21.9. The van der Waals surface area contributed by atoms with Crippen molar-refractivity contribution in [2.24, 2.45) is 5.73 Å². The molecule has 1 aromatic carbocycles. The molecular weight excluding hydrogens is 398 g/mol. The van der Waals surface area contributed by atoms with Crippen molar-refractivity contribution in [3.63, 3.8) is 0 Å². The van der Waals surface area contributed by atoms with Gasteiger partial charge in [0.2, 0.25) is 0 Å². The van der Waals surface area contributed by atoms with Crippen LogP contribution in [-0.2, 0) is 12.0 Å². The van der Waals surface area contributed by atoms with Gasteiger partial charge in [0.15, 0.2) is 0 Å². The van der Waals surface area contributed by atoms with Gasteiger partial charge in [-0.15, -0.1) is 12.4 Å². The van der Waals surface area contributed by atoms with Crippen LogP contribution in [0, 0.1) is 0 Å². The highest BCUT2D eigenvalue weighted by Gasteiger charge is 2.26. The van der Waals surface area contributed by atoms with Crippen molar-refractivity contribution in [2.45, 2.75) is 148 Å². The molecule has 182 valence electrons. The van der Waals surface area contributed by atoms with E-state index < -0.39 is 0 Å². The van der Waals surface area contributed by atoms with E-state index in [0.29, 0.717) is 0 Å². The summed E-state index contributed by atoms with van der Waals surface area (Å²) in [6.07, 6.45) is 26.0. The second-order valence-corrected chi connectivity index (χ2v) is 9.57. The Morgan fingerprint density at radius 3 is 1.45 bits per heavy atom. The molecule has 1 unspecified atom stereocenters. The van der Waals surface area contributed by atoms with Gasteiger partial charge in [-0.2, -0.15) is 0 Å². The SMILES string of the molecule is CCCCCCCCCCCCCCCCCCC(N)(CC)c1ccccc1CC.Cl. The largest absolute Gasteiger partial charge is 0.321 e. The average molecular weight is 452 g/mol. The molecule has 0 radical (unpaired) electrons. The lowest BCUT2D eigenvalue weighted by molar-refractivity contribution is 0.370. The van der Waals surface area contributed by atoms with Crippen molar-refractivity contribution in [1.29, 1.82) is 0 Å². The van der Waals surface area contributed by atoms with Crippen LogP contribution in [0.15, 0.2) is 24.3 Å². The van der Waals surface area contributed by atoms with Crippen molar-refractivity contribution in [3.05, 3.63) is 35.4 Å². The number of hydrogen-bond donors (Lipinski definition) is 1. The van der Waals surface area contributed by atoms with Crippen LogP contribution in [0.4, 0.5) is 0 Å². The molecule has 1 rings (SSSR count). The fraction of sp³-hybridized carbons (Fsp3) is 0.793. The number of halogens is 1. The Kier molecular flexibility index (Phi) is 19.8. The molecule has 1 atom stereocenters. The first-order valence-corrected chi connectivity index (χ1v) is 13.5. The Labute approximate surface area is 201 Å². The highest BCUT2D eigenvalue weighted by Crippen LogP contribution is 2.31. The van der Waals surface area contributed by atoms with E-state index in [-0.39, 0.29) is 17.9 Å². The predicted molar refractivity (Wildman–Crippen MR) is 143 cm³/mol. The van der Waals surface area contributed by atoms with Crippen LogP contribution in [-0.4, -0.2) is 0 Å². The second kappa shape index (κ2) is 20.1. The monoisotopic (exact) mass is 451 g/mol. The van der Waals surface area contributed by atoms with E-state index in [1.54, 1.807) is 0 Å². The highest BCUT2D eigenvalue weighted by molar-refractivity contribution is 5.85. The molecule has 31 heavy (non-hydrogen) atoms. The summed E-state index contributed by atoms with van der Waals surface area (Å²) in [6, 6.07) is 8.81. The molecule has 0 aromatic heterocycles. The molecule has 0 aliphatic carbocycles. The maximum Gasteiger partial charge on any atom is 0.0409 e. The van der Waals surface area contributed by atoms with E-state index in [9.17, 15) is 0 Å². The smallest absolute Gasteiger partial charge is 0.0409 e. The summed E-state index contributed by atoms with van der Waals surface area (Å²) < 4.78 is 0. The van der Waals surface area contributed by atoms with Gasteiger partial charge in [-0.05, 0) is 30.4 Å². The molecular formula is C29H54ClN. The zero-order valence-corrected chi connectivity index (χ0v) is 22.0. The van der Waals surface area contributed by atoms with E-state index in [4.69, 9.17) is 5.73 Å². The first-order valence-electron chi connectivity index (χ1n) is 13.5. The van der Waals surface area contributed by atoms with Crippen LogP contribution in [0.5, 0.6) is 0 Å². The van der Waals surface area contributed by atoms with Crippen LogP contribution < -0.4 is 5.73 Å². The summed E-state index contributed by atoms with van der Waals surface area (Å²) >= 11 is 0. The van der Waals surface area contributed by atoms with Crippen molar-refractivity contribution in [1.82, 2.24) is 0 Å². The number of benzene rings is 1. The number of nitrogens with two attached hydrogens (primary N) is 1. The van der Waals surface area contributed by atoms with Crippen LogP contribution in [0.2, 0.25) is 0 Å². The summed E-state index contributed by atoms with van der Waals surface area (Å²) in [6.45, 7) is 6.78. The van der Waals surface area contributed by atoms with Gasteiger partial charge in [0.1, 0.15) is 0 Å². The van der Waals surface area contributed by atoms with Gasteiger partial charge in [-0.3, -0.25) is 0 Å². The van der Waals surface area contributed by atoms with E-state index in [1.807, 2.05) is 0 Å². The van der Waals surface area contributed by atoms with Gasteiger partial charge in [-0.1, -0.05) is 148 Å². The first kappa shape index (κ1) is 30.5. The van der Waals surface area contributed by atoms with Crippen LogP contribution >= 0.6 is 12.4 Å². The molecule has 0 amide bonds. The number of unbranched alkanes of at least 4 members (excludes halogenated alkanes) is 15. The Balaban J connectivity index is 0.00000900. The molecule has 0 aliphatic heterocycles. The molecule has 0 spiro atoms. The lowest BCUT2D eigenvalue weighted by Gasteiger charge is -2.31. The number of aryl methyl sites for hydroxylation is 1. The molecule has 2 N–H and O–H groups in total. The normalized spacial score (nSPS) is 13.0. The predicted octanol–water partition coefficient (Wildman–Crippen LogP) is 9.89. The molecule has 0 aliphatic rings. The third-order valence-electron chi connectivity index (χ3n) is 7.04. The minimum Gasteiger partial charge on any atom is -0.321 e. The molecule has 0 saturated carbocycles. The molecule has 2 heteroatoms. The molecule has 1 aromatic rings. The van der Waals surface area contributed by atoms with Gasteiger partial charge in [-0.25, -0.2) is 0 Å². The third kappa shape index (κ3) is 13.6. The maximum atomic E-state index is 6.86. The zero-order valence-electron chi connectivity index (χ0n) is 21.2. The summed E-state index contributed by atoms with van der Waals surface area (Å²) in [4.78, 5) is 0. The maximum absolute atomic E-state index is 6.86. The van der Waals surface area contributed by atoms with Crippen molar-refractivity contribution < 1.29 is 0 Å². The lowest BCUT2D eigenvalue weighted by atomic mass is 9.80. The second-order valence-electron chi connectivity index (χ2n) is 9.57.